The maximum absolute atomic E-state index is 13.9. The Morgan fingerprint density at radius 1 is 0.843 bits per heavy atom. The predicted molar refractivity (Wildman–Crippen MR) is 202 cm³/mol. The lowest BCUT2D eigenvalue weighted by atomic mass is 9.78. The van der Waals surface area contributed by atoms with Crippen molar-refractivity contribution in [2.75, 3.05) is 19.8 Å². The van der Waals surface area contributed by atoms with Crippen LogP contribution in [0.25, 0.3) is 4.85 Å². The molecule has 5 rings (SSSR count). The highest BCUT2D eigenvalue weighted by Gasteiger charge is 2.63. The fourth-order valence-corrected chi connectivity index (χ4v) is 9.16. The molecule has 0 N–H and O–H groups in total. The second-order valence-electron chi connectivity index (χ2n) is 14.9. The highest BCUT2D eigenvalue weighted by atomic mass is 32.2. The van der Waals surface area contributed by atoms with Crippen molar-refractivity contribution in [3.8, 4) is 0 Å². The van der Waals surface area contributed by atoms with E-state index in [-0.39, 0.29) is 29.1 Å². The summed E-state index contributed by atoms with van der Waals surface area (Å²) >= 11 is 0. The number of rotatable bonds is 18. The lowest BCUT2D eigenvalue weighted by Gasteiger charge is -2.44. The molecule has 2 heterocycles. The van der Waals surface area contributed by atoms with Gasteiger partial charge in [0.2, 0.25) is 0 Å². The summed E-state index contributed by atoms with van der Waals surface area (Å²) < 4.78 is 52.9. The molecule has 5 unspecified atom stereocenters. The second kappa shape index (κ2) is 18.1. The third-order valence-corrected chi connectivity index (χ3v) is 13.0. The molecule has 8 heteroatoms. The summed E-state index contributed by atoms with van der Waals surface area (Å²) in [5, 5.41) is -2.03. The molecule has 2 aliphatic heterocycles. The molecule has 0 spiro atoms. The topological polar surface area (TPSA) is 75.4 Å². The first-order chi connectivity index (χ1) is 24.6. The normalized spacial score (nSPS) is 25.1. The van der Waals surface area contributed by atoms with E-state index in [1.54, 1.807) is 24.3 Å². The largest absolute Gasteiger partial charge is 0.443 e. The molecule has 2 fully saturated rings. The third kappa shape index (κ3) is 9.68. The van der Waals surface area contributed by atoms with Crippen molar-refractivity contribution in [1.29, 1.82) is 0 Å². The number of sulfone groups is 1. The monoisotopic (exact) mass is 715 g/mol. The SMILES string of the molecule is [C-]#[N+]C1(S(=O)(=O)c2ccc(C)cc2)CCC(OCCCCCCCCCC(C)(COC2CCCCO2)c2ccccc2)C(C)(c2ccccc2)O1. The molecule has 0 saturated carbocycles. The summed E-state index contributed by atoms with van der Waals surface area (Å²) in [4.78, 5) is 3.79. The summed E-state index contributed by atoms with van der Waals surface area (Å²) in [6.45, 7) is 16.2. The molecule has 3 aromatic carbocycles. The number of unbranched alkanes of at least 4 members (excludes halogenated alkanes) is 6. The fourth-order valence-electron chi connectivity index (χ4n) is 7.51. The van der Waals surface area contributed by atoms with E-state index in [2.05, 4.69) is 42.1 Å². The number of ether oxygens (including phenoxy) is 4. The van der Waals surface area contributed by atoms with Crippen LogP contribution in [0.15, 0.2) is 89.8 Å². The van der Waals surface area contributed by atoms with E-state index in [0.29, 0.717) is 19.6 Å². The van der Waals surface area contributed by atoms with Gasteiger partial charge in [-0.25, -0.2) is 15.0 Å². The number of nitrogens with zero attached hydrogens (tertiary/aromatic N) is 1. The van der Waals surface area contributed by atoms with Gasteiger partial charge in [-0.05, 0) is 75.6 Å². The molecule has 5 atom stereocenters. The summed E-state index contributed by atoms with van der Waals surface area (Å²) in [6, 6.07) is 27.0. The number of benzene rings is 3. The highest BCUT2D eigenvalue weighted by molar-refractivity contribution is 7.92. The molecule has 276 valence electrons. The molecule has 0 amide bonds. The summed E-state index contributed by atoms with van der Waals surface area (Å²) in [7, 11) is -4.11. The van der Waals surface area contributed by atoms with Crippen molar-refractivity contribution in [3.05, 3.63) is 113 Å². The van der Waals surface area contributed by atoms with Crippen LogP contribution in [0.5, 0.6) is 0 Å². The van der Waals surface area contributed by atoms with Crippen molar-refractivity contribution >= 4 is 9.84 Å². The third-order valence-electron chi connectivity index (χ3n) is 10.9. The van der Waals surface area contributed by atoms with Gasteiger partial charge in [0.05, 0.1) is 24.0 Å². The Hall–Kier alpha value is -3.06. The summed E-state index contributed by atoms with van der Waals surface area (Å²) in [6.07, 6.45) is 12.2. The molecular weight excluding hydrogens is 659 g/mol. The van der Waals surface area contributed by atoms with Crippen molar-refractivity contribution in [1.82, 2.24) is 0 Å². The zero-order valence-corrected chi connectivity index (χ0v) is 31.7. The molecule has 0 radical (unpaired) electrons. The molecule has 2 aliphatic rings. The van der Waals surface area contributed by atoms with Crippen LogP contribution >= 0.6 is 0 Å². The van der Waals surface area contributed by atoms with Gasteiger partial charge < -0.3 is 14.2 Å². The fraction of sp³-hybridized carbons (Fsp3) is 0.558. The average molecular weight is 716 g/mol. The van der Waals surface area contributed by atoms with Crippen LogP contribution in [0.2, 0.25) is 0 Å². The van der Waals surface area contributed by atoms with E-state index in [4.69, 9.17) is 25.5 Å². The van der Waals surface area contributed by atoms with Gasteiger partial charge in [-0.1, -0.05) is 124 Å². The molecule has 7 nitrogen and oxygen atoms in total. The molecule has 2 saturated heterocycles. The minimum atomic E-state index is -4.11. The molecule has 0 aliphatic carbocycles. The zero-order valence-electron chi connectivity index (χ0n) is 30.9. The van der Waals surface area contributed by atoms with Gasteiger partial charge >= 0.3 is 5.06 Å². The first-order valence-corrected chi connectivity index (χ1v) is 20.5. The Labute approximate surface area is 306 Å². The average Bonchev–Trinajstić information content (AvgIpc) is 3.16. The lowest BCUT2D eigenvalue weighted by molar-refractivity contribution is -0.206. The first kappa shape index (κ1) is 39.2. The van der Waals surface area contributed by atoms with Crippen LogP contribution in [0, 0.1) is 13.5 Å². The maximum Gasteiger partial charge on any atom is 0.443 e. The minimum absolute atomic E-state index is 0.0320. The van der Waals surface area contributed by atoms with Crippen LogP contribution in [0.3, 0.4) is 0 Å². The van der Waals surface area contributed by atoms with Crippen molar-refractivity contribution in [3.63, 3.8) is 0 Å². The smallest absolute Gasteiger partial charge is 0.375 e. The van der Waals surface area contributed by atoms with Gasteiger partial charge in [0.15, 0.2) is 6.29 Å². The van der Waals surface area contributed by atoms with Gasteiger partial charge in [0, 0.05) is 18.6 Å². The molecule has 0 aromatic heterocycles. The van der Waals surface area contributed by atoms with Crippen LogP contribution in [-0.4, -0.2) is 45.7 Å². The van der Waals surface area contributed by atoms with Crippen LogP contribution < -0.4 is 0 Å². The number of hydrogen-bond donors (Lipinski definition) is 0. The van der Waals surface area contributed by atoms with Gasteiger partial charge in [-0.2, -0.15) is 0 Å². The quantitative estimate of drug-likeness (QED) is 0.0964. The van der Waals surface area contributed by atoms with Crippen LogP contribution in [0.1, 0.15) is 114 Å². The van der Waals surface area contributed by atoms with E-state index < -0.39 is 20.5 Å². The second-order valence-corrected chi connectivity index (χ2v) is 17.0. The van der Waals surface area contributed by atoms with Crippen molar-refractivity contribution < 1.29 is 27.4 Å². The standard InChI is InChI=1S/C43H57NO6S/c1-35-25-27-38(28-26-35)51(45,46)43(44-4)31-29-39(42(3,50-43)37-22-14-11-15-23-37)47-32-18-9-7-5-6-8-17-30-41(2,36-20-12-10-13-21-36)34-49-40-24-16-19-33-48-40/h10-15,20-23,25-28,39-40H,5-9,16-19,24,29-34H2,1-3H3. The first-order valence-electron chi connectivity index (χ1n) is 19.0. The maximum atomic E-state index is 13.9. The van der Waals surface area contributed by atoms with E-state index in [1.165, 1.54) is 31.2 Å². The van der Waals surface area contributed by atoms with Gasteiger partial charge in [-0.3, -0.25) is 9.58 Å². The lowest BCUT2D eigenvalue weighted by Crippen LogP contribution is -2.55. The zero-order chi connectivity index (χ0) is 36.2. The van der Waals surface area contributed by atoms with E-state index in [1.807, 2.05) is 44.2 Å². The van der Waals surface area contributed by atoms with Gasteiger partial charge in [0.1, 0.15) is 5.60 Å². The van der Waals surface area contributed by atoms with E-state index in [0.717, 1.165) is 62.7 Å². The minimum Gasteiger partial charge on any atom is -0.375 e. The van der Waals surface area contributed by atoms with Gasteiger partial charge in [-0.15, -0.1) is 0 Å². The Morgan fingerprint density at radius 2 is 1.49 bits per heavy atom. The predicted octanol–water partition coefficient (Wildman–Crippen LogP) is 10.1. The summed E-state index contributed by atoms with van der Waals surface area (Å²) in [5.41, 5.74) is 1.95. The Balaban J connectivity index is 1.08. The molecule has 0 bridgehead atoms. The number of aryl methyl sites for hydroxylation is 1. The van der Waals surface area contributed by atoms with Crippen molar-refractivity contribution in [2.45, 2.75) is 138 Å². The van der Waals surface area contributed by atoms with E-state index in [9.17, 15) is 8.42 Å². The molecular formula is C43H57NO6S. The number of hydrogen-bond acceptors (Lipinski definition) is 6. The van der Waals surface area contributed by atoms with Gasteiger partial charge in [0.25, 0.3) is 9.84 Å². The van der Waals surface area contributed by atoms with Crippen molar-refractivity contribution in [2.24, 2.45) is 0 Å². The molecule has 51 heavy (non-hydrogen) atoms. The molecule has 3 aromatic rings. The van der Waals surface area contributed by atoms with Crippen LogP contribution in [0.4, 0.5) is 0 Å². The van der Waals surface area contributed by atoms with E-state index >= 15 is 0 Å². The Morgan fingerprint density at radius 3 is 2.14 bits per heavy atom. The highest BCUT2D eigenvalue weighted by Crippen LogP contribution is 2.48. The van der Waals surface area contributed by atoms with Crippen LogP contribution in [-0.2, 0) is 39.8 Å². The Kier molecular flexibility index (Phi) is 13.9. The summed E-state index contributed by atoms with van der Waals surface area (Å²) in [5.74, 6) is 0. The Bertz CT molecular complexity index is 1640.